The summed E-state index contributed by atoms with van der Waals surface area (Å²) in [5.74, 6) is -0.223. The molecule has 0 aromatic heterocycles. The van der Waals surface area contributed by atoms with E-state index in [9.17, 15) is 9.59 Å². The van der Waals surface area contributed by atoms with E-state index in [1.54, 1.807) is 18.2 Å². The Labute approximate surface area is 200 Å². The fourth-order valence-corrected chi connectivity index (χ4v) is 4.37. The predicted molar refractivity (Wildman–Crippen MR) is 138 cm³/mol. The van der Waals surface area contributed by atoms with Gasteiger partial charge < -0.3 is 21.3 Å². The van der Waals surface area contributed by atoms with Crippen molar-refractivity contribution in [2.45, 2.75) is 12.8 Å². The zero-order valence-corrected chi connectivity index (χ0v) is 19.5. The van der Waals surface area contributed by atoms with Gasteiger partial charge in [0, 0.05) is 30.8 Å². The van der Waals surface area contributed by atoms with E-state index >= 15 is 0 Å². The van der Waals surface area contributed by atoms with Gasteiger partial charge in [0.15, 0.2) is 0 Å². The number of rotatable bonds is 6. The standard InChI is InChI=1S/C28H30N4O2/c1-19-6-5-7-22(16-19)30-28(34)24-18-32(2)17-23(24)21-13-10-20(11-14-21)12-15-27(33)31-26-9-4-3-8-25(26)29/h3-16,23-24H,17-18,29H2,1-2H3,(H,30,34)(H,31,33)/b15-12+. The first kappa shape index (κ1) is 23.3. The Hall–Kier alpha value is -3.90. The smallest absolute Gasteiger partial charge is 0.248 e. The van der Waals surface area contributed by atoms with Crippen molar-refractivity contribution in [2.24, 2.45) is 5.92 Å². The number of nitrogen functional groups attached to an aromatic ring is 1. The molecule has 2 atom stereocenters. The molecular formula is C28H30N4O2. The van der Waals surface area contributed by atoms with E-state index in [2.05, 4.69) is 15.5 Å². The molecule has 1 saturated heterocycles. The van der Waals surface area contributed by atoms with Crippen molar-refractivity contribution in [3.8, 4) is 0 Å². The number of likely N-dealkylation sites (tertiary alicyclic amines) is 1. The number of likely N-dealkylation sites (N-methyl/N-ethyl adjacent to an activating group) is 1. The quantitative estimate of drug-likeness (QED) is 0.378. The fraction of sp³-hybridized carbons (Fsp3) is 0.214. The lowest BCUT2D eigenvalue weighted by molar-refractivity contribution is -0.119. The molecule has 174 valence electrons. The second kappa shape index (κ2) is 10.4. The Balaban J connectivity index is 1.41. The maximum absolute atomic E-state index is 13.1. The van der Waals surface area contributed by atoms with Gasteiger partial charge in [-0.2, -0.15) is 0 Å². The van der Waals surface area contributed by atoms with Crippen molar-refractivity contribution in [1.82, 2.24) is 4.90 Å². The molecule has 0 saturated carbocycles. The monoisotopic (exact) mass is 454 g/mol. The highest BCUT2D eigenvalue weighted by molar-refractivity contribution is 6.03. The number of hydrogen-bond acceptors (Lipinski definition) is 4. The third-order valence-corrected chi connectivity index (χ3v) is 6.14. The second-order valence-corrected chi connectivity index (χ2v) is 8.87. The van der Waals surface area contributed by atoms with E-state index in [-0.39, 0.29) is 23.7 Å². The first-order valence-corrected chi connectivity index (χ1v) is 11.4. The summed E-state index contributed by atoms with van der Waals surface area (Å²) in [5, 5.41) is 5.87. The molecule has 0 aliphatic carbocycles. The lowest BCUT2D eigenvalue weighted by Crippen LogP contribution is -2.28. The fourth-order valence-electron chi connectivity index (χ4n) is 4.37. The van der Waals surface area contributed by atoms with Crippen LogP contribution in [0, 0.1) is 12.8 Å². The Morgan fingerprint density at radius 1 is 0.971 bits per heavy atom. The van der Waals surface area contributed by atoms with E-state index < -0.39 is 0 Å². The van der Waals surface area contributed by atoms with Gasteiger partial charge in [-0.3, -0.25) is 9.59 Å². The summed E-state index contributed by atoms with van der Waals surface area (Å²) in [5.41, 5.74) is 11.0. The zero-order chi connectivity index (χ0) is 24.1. The van der Waals surface area contributed by atoms with Crippen LogP contribution >= 0.6 is 0 Å². The number of nitrogens with one attached hydrogen (secondary N) is 2. The number of nitrogens with two attached hydrogens (primary N) is 1. The lowest BCUT2D eigenvalue weighted by Gasteiger charge is -2.19. The summed E-state index contributed by atoms with van der Waals surface area (Å²) in [6.07, 6.45) is 3.25. The number of para-hydroxylation sites is 2. The molecule has 0 spiro atoms. The molecule has 1 aliphatic heterocycles. The van der Waals surface area contributed by atoms with Crippen LogP contribution in [0.2, 0.25) is 0 Å². The number of nitrogens with zero attached hydrogens (tertiary/aromatic N) is 1. The van der Waals surface area contributed by atoms with E-state index in [1.165, 1.54) is 6.08 Å². The molecule has 4 rings (SSSR count). The van der Waals surface area contributed by atoms with Gasteiger partial charge in [0.25, 0.3) is 0 Å². The number of anilines is 3. The van der Waals surface area contributed by atoms with Crippen LogP contribution in [0.4, 0.5) is 17.1 Å². The SMILES string of the molecule is Cc1cccc(NC(=O)C2CN(C)CC2c2ccc(/C=C/C(=O)Nc3ccccc3N)cc2)c1. The number of amides is 2. The van der Waals surface area contributed by atoms with E-state index in [0.717, 1.165) is 28.9 Å². The van der Waals surface area contributed by atoms with Gasteiger partial charge in [-0.15, -0.1) is 0 Å². The molecule has 34 heavy (non-hydrogen) atoms. The van der Waals surface area contributed by atoms with Crippen LogP contribution in [0.15, 0.2) is 78.9 Å². The molecule has 0 bridgehead atoms. The van der Waals surface area contributed by atoms with Crippen molar-refractivity contribution >= 4 is 35.0 Å². The number of carbonyl (C=O) groups excluding carboxylic acids is 2. The van der Waals surface area contributed by atoms with E-state index in [1.807, 2.05) is 74.6 Å². The van der Waals surface area contributed by atoms with E-state index in [4.69, 9.17) is 5.73 Å². The molecular weight excluding hydrogens is 424 g/mol. The Kier molecular flexibility index (Phi) is 7.09. The van der Waals surface area contributed by atoms with Gasteiger partial charge in [0.2, 0.25) is 11.8 Å². The Bertz CT molecular complexity index is 1200. The van der Waals surface area contributed by atoms with Crippen molar-refractivity contribution in [2.75, 3.05) is 36.5 Å². The molecule has 1 heterocycles. The summed E-state index contributed by atoms with van der Waals surface area (Å²) in [6.45, 7) is 3.55. The van der Waals surface area contributed by atoms with Gasteiger partial charge in [0.1, 0.15) is 0 Å². The minimum atomic E-state index is -0.243. The molecule has 3 aromatic rings. The van der Waals surface area contributed by atoms with Gasteiger partial charge in [-0.25, -0.2) is 0 Å². The highest BCUT2D eigenvalue weighted by Crippen LogP contribution is 2.33. The number of hydrogen-bond donors (Lipinski definition) is 3. The van der Waals surface area contributed by atoms with Crippen LogP contribution < -0.4 is 16.4 Å². The molecule has 1 fully saturated rings. The van der Waals surface area contributed by atoms with Crippen LogP contribution in [0.3, 0.4) is 0 Å². The molecule has 3 aromatic carbocycles. The van der Waals surface area contributed by atoms with Gasteiger partial charge in [-0.05, 0) is 61.0 Å². The Morgan fingerprint density at radius 2 is 1.74 bits per heavy atom. The van der Waals surface area contributed by atoms with Crippen molar-refractivity contribution in [3.63, 3.8) is 0 Å². The molecule has 1 aliphatic rings. The molecule has 6 heteroatoms. The first-order valence-electron chi connectivity index (χ1n) is 11.4. The third-order valence-electron chi connectivity index (χ3n) is 6.14. The lowest BCUT2D eigenvalue weighted by atomic mass is 9.88. The minimum absolute atomic E-state index is 0.0424. The summed E-state index contributed by atoms with van der Waals surface area (Å²) in [7, 11) is 2.04. The second-order valence-electron chi connectivity index (χ2n) is 8.87. The van der Waals surface area contributed by atoms with E-state index in [0.29, 0.717) is 17.9 Å². The third kappa shape index (κ3) is 5.71. The van der Waals surface area contributed by atoms with Crippen molar-refractivity contribution in [1.29, 1.82) is 0 Å². The zero-order valence-electron chi connectivity index (χ0n) is 19.5. The topological polar surface area (TPSA) is 87.5 Å². The molecule has 2 amide bonds. The molecule has 0 radical (unpaired) electrons. The normalized spacial score (nSPS) is 18.2. The number of benzene rings is 3. The predicted octanol–water partition coefficient (Wildman–Crippen LogP) is 4.51. The summed E-state index contributed by atoms with van der Waals surface area (Å²) in [6, 6.07) is 23.1. The maximum Gasteiger partial charge on any atom is 0.248 e. The summed E-state index contributed by atoms with van der Waals surface area (Å²) < 4.78 is 0. The summed E-state index contributed by atoms with van der Waals surface area (Å²) >= 11 is 0. The van der Waals surface area contributed by atoms with Gasteiger partial charge >= 0.3 is 0 Å². The van der Waals surface area contributed by atoms with Crippen LogP contribution in [0.1, 0.15) is 22.6 Å². The largest absolute Gasteiger partial charge is 0.397 e. The molecule has 4 N–H and O–H groups in total. The van der Waals surface area contributed by atoms with Crippen LogP contribution in [0.25, 0.3) is 6.08 Å². The van der Waals surface area contributed by atoms with Crippen LogP contribution in [-0.2, 0) is 9.59 Å². The first-order chi connectivity index (χ1) is 16.4. The van der Waals surface area contributed by atoms with Crippen LogP contribution in [-0.4, -0.2) is 36.9 Å². The highest BCUT2D eigenvalue weighted by Gasteiger charge is 2.37. The van der Waals surface area contributed by atoms with Gasteiger partial charge in [-0.1, -0.05) is 48.5 Å². The average molecular weight is 455 g/mol. The van der Waals surface area contributed by atoms with Crippen LogP contribution in [0.5, 0.6) is 0 Å². The van der Waals surface area contributed by atoms with Gasteiger partial charge in [0.05, 0.1) is 17.3 Å². The maximum atomic E-state index is 13.1. The van der Waals surface area contributed by atoms with Crippen molar-refractivity contribution in [3.05, 3.63) is 95.6 Å². The molecule has 2 unspecified atom stereocenters. The molecule has 6 nitrogen and oxygen atoms in total. The highest BCUT2D eigenvalue weighted by atomic mass is 16.2. The summed E-state index contributed by atoms with van der Waals surface area (Å²) in [4.78, 5) is 27.5. The number of carbonyl (C=O) groups is 2. The van der Waals surface area contributed by atoms with Crippen molar-refractivity contribution < 1.29 is 9.59 Å². The minimum Gasteiger partial charge on any atom is -0.397 e. The Morgan fingerprint density at radius 3 is 2.47 bits per heavy atom. The number of aryl methyl sites for hydroxylation is 1. The average Bonchev–Trinajstić information content (AvgIpc) is 3.21.